The maximum absolute atomic E-state index is 8.70. The highest BCUT2D eigenvalue weighted by Gasteiger charge is 1.93. The van der Waals surface area contributed by atoms with Gasteiger partial charge in [-0.05, 0) is 0 Å². The molecule has 8 heteroatoms. The Kier molecular flexibility index (Phi) is 26.5. The zero-order valence-corrected chi connectivity index (χ0v) is 7.29. The lowest BCUT2D eigenvalue weighted by molar-refractivity contribution is 0.403. The largest absolute Gasteiger partial charge is 0.692 e. The second-order valence-corrected chi connectivity index (χ2v) is 1.52. The molecule has 0 fully saturated rings. The predicted octanol–water partition coefficient (Wildman–Crippen LogP) is 0.283. The van der Waals surface area contributed by atoms with Gasteiger partial charge in [0.25, 0.3) is 0 Å². The standard InChI is InChI=1S/C2H6.2HO3P/c1-2;2*1-4(2)3/h1-2H3;2*(H-,1,2,3)/p+2. The quantitative estimate of drug-likeness (QED) is 0.410. The van der Waals surface area contributed by atoms with Crippen LogP contribution in [0.2, 0.25) is 0 Å². The molecule has 0 heterocycles. The molecule has 0 aromatic heterocycles. The van der Waals surface area contributed by atoms with Crippen molar-refractivity contribution >= 4 is 16.5 Å². The third-order valence-electron chi connectivity index (χ3n) is 0. The number of hydrogen-bond acceptors (Lipinski definition) is 2. The van der Waals surface area contributed by atoms with Gasteiger partial charge in [-0.2, -0.15) is 0 Å². The van der Waals surface area contributed by atoms with Crippen LogP contribution < -0.4 is 0 Å². The lowest BCUT2D eigenvalue weighted by Crippen LogP contribution is -1.38. The van der Waals surface area contributed by atoms with Gasteiger partial charge in [0.1, 0.15) is 0 Å². The van der Waals surface area contributed by atoms with Crippen LogP contribution in [0.15, 0.2) is 0 Å². The Morgan fingerprint density at radius 2 is 0.800 bits per heavy atom. The van der Waals surface area contributed by atoms with Gasteiger partial charge in [0.15, 0.2) is 0 Å². The zero-order valence-electron chi connectivity index (χ0n) is 5.50. The first-order valence-corrected chi connectivity index (χ1v) is 4.50. The maximum atomic E-state index is 8.70. The minimum Gasteiger partial charge on any atom is -0.134 e. The molecule has 0 unspecified atom stereocenters. The summed E-state index contributed by atoms with van der Waals surface area (Å²) in [5, 5.41) is 0. The second kappa shape index (κ2) is 16.0. The third kappa shape index (κ3) is 249000. The summed E-state index contributed by atoms with van der Waals surface area (Å²) in [4.78, 5) is 28.5. The van der Waals surface area contributed by atoms with Gasteiger partial charge in [0.05, 0.1) is 0 Å². The molecule has 0 spiro atoms. The molecule has 0 aliphatic rings. The van der Waals surface area contributed by atoms with Gasteiger partial charge in [0, 0.05) is 9.13 Å². The highest BCUT2D eigenvalue weighted by atomic mass is 31.1. The topological polar surface area (TPSA) is 115 Å². The van der Waals surface area contributed by atoms with Crippen molar-refractivity contribution in [1.29, 1.82) is 0 Å². The van der Waals surface area contributed by atoms with Crippen LogP contribution in [-0.4, -0.2) is 19.6 Å². The molecule has 0 saturated heterocycles. The minimum atomic E-state index is -2.87. The van der Waals surface area contributed by atoms with Crippen LogP contribution in [0.5, 0.6) is 0 Å². The Balaban J connectivity index is -0.0000000787. The maximum Gasteiger partial charge on any atom is 0.692 e. The van der Waals surface area contributed by atoms with E-state index in [1.807, 2.05) is 13.8 Å². The van der Waals surface area contributed by atoms with Gasteiger partial charge < -0.3 is 0 Å². The van der Waals surface area contributed by atoms with Gasteiger partial charge in [-0.3, -0.25) is 0 Å². The Labute approximate surface area is 60.0 Å². The second-order valence-electron chi connectivity index (χ2n) is 0.505. The van der Waals surface area contributed by atoms with Crippen LogP contribution in [0, 0.1) is 0 Å². The predicted molar refractivity (Wildman–Crippen MR) is 35.4 cm³/mol. The molecule has 0 aromatic carbocycles. The Morgan fingerprint density at radius 1 is 0.800 bits per heavy atom. The fraction of sp³-hybridized carbons (Fsp3) is 1.00. The van der Waals surface area contributed by atoms with Crippen molar-refractivity contribution in [1.82, 2.24) is 0 Å². The van der Waals surface area contributed by atoms with E-state index < -0.39 is 16.5 Å². The summed E-state index contributed by atoms with van der Waals surface area (Å²) in [6.45, 7) is 4.00. The van der Waals surface area contributed by atoms with E-state index in [1.165, 1.54) is 0 Å². The SMILES string of the molecule is CC.O=[P+](O)O.O=[P+](O)O. The summed E-state index contributed by atoms with van der Waals surface area (Å²) in [5.41, 5.74) is 0. The molecule has 4 N–H and O–H groups in total. The molecule has 6 nitrogen and oxygen atoms in total. The monoisotopic (exact) mass is 192 g/mol. The Bertz CT molecular complexity index is 71.7. The molecule has 62 valence electrons. The molecule has 0 aliphatic carbocycles. The molecule has 0 rings (SSSR count). The van der Waals surface area contributed by atoms with Crippen LogP contribution in [0.25, 0.3) is 0 Å². The van der Waals surface area contributed by atoms with Crippen LogP contribution in [0.4, 0.5) is 0 Å². The highest BCUT2D eigenvalue weighted by Crippen LogP contribution is 1.98. The molecular weight excluding hydrogens is 182 g/mol. The van der Waals surface area contributed by atoms with E-state index in [0.717, 1.165) is 0 Å². The van der Waals surface area contributed by atoms with E-state index in [9.17, 15) is 0 Å². The van der Waals surface area contributed by atoms with E-state index in [4.69, 9.17) is 28.7 Å². The first-order chi connectivity index (χ1) is 4.46. The van der Waals surface area contributed by atoms with Gasteiger partial charge >= 0.3 is 16.5 Å². The summed E-state index contributed by atoms with van der Waals surface area (Å²) < 4.78 is 17.4. The van der Waals surface area contributed by atoms with Crippen molar-refractivity contribution in [2.24, 2.45) is 0 Å². The van der Waals surface area contributed by atoms with Crippen molar-refractivity contribution in [2.45, 2.75) is 13.8 Å². The average Bonchev–Trinajstić information content (AvgIpc) is 1.66. The molecule has 0 aliphatic heterocycles. The Hall–Kier alpha value is 0.0400. The van der Waals surface area contributed by atoms with Crippen LogP contribution >= 0.6 is 16.5 Å². The van der Waals surface area contributed by atoms with Crippen molar-refractivity contribution in [3.63, 3.8) is 0 Å². The van der Waals surface area contributed by atoms with Gasteiger partial charge in [-0.1, -0.05) is 13.8 Å². The molecule has 0 atom stereocenters. The fourth-order valence-corrected chi connectivity index (χ4v) is 0. The zero-order chi connectivity index (χ0) is 9.15. The van der Waals surface area contributed by atoms with Crippen molar-refractivity contribution in [3.8, 4) is 0 Å². The molecular formula is C2H10O6P2+2. The van der Waals surface area contributed by atoms with E-state index in [0.29, 0.717) is 0 Å². The summed E-state index contributed by atoms with van der Waals surface area (Å²) in [5.74, 6) is 0. The van der Waals surface area contributed by atoms with Gasteiger partial charge in [0.2, 0.25) is 0 Å². The van der Waals surface area contributed by atoms with E-state index in [2.05, 4.69) is 0 Å². The molecule has 0 radical (unpaired) electrons. The summed E-state index contributed by atoms with van der Waals surface area (Å²) in [7, 11) is -5.74. The van der Waals surface area contributed by atoms with Gasteiger partial charge in [-0.15, -0.1) is 19.6 Å². The normalized spacial score (nSPS) is 5.80. The van der Waals surface area contributed by atoms with E-state index in [-0.39, 0.29) is 0 Å². The molecule has 10 heavy (non-hydrogen) atoms. The molecule has 0 bridgehead atoms. The van der Waals surface area contributed by atoms with Crippen LogP contribution in [-0.2, 0) is 9.13 Å². The lowest BCUT2D eigenvalue weighted by Gasteiger charge is -1.34. The first kappa shape index (κ1) is 16.6. The first-order valence-electron chi connectivity index (χ1n) is 2.17. The van der Waals surface area contributed by atoms with E-state index >= 15 is 0 Å². The lowest BCUT2D eigenvalue weighted by atomic mass is 11.0. The van der Waals surface area contributed by atoms with Crippen LogP contribution in [0.1, 0.15) is 13.8 Å². The van der Waals surface area contributed by atoms with E-state index in [1.54, 1.807) is 0 Å². The average molecular weight is 192 g/mol. The smallest absolute Gasteiger partial charge is 0.134 e. The van der Waals surface area contributed by atoms with Crippen molar-refractivity contribution in [3.05, 3.63) is 0 Å². The summed E-state index contributed by atoms with van der Waals surface area (Å²) >= 11 is 0. The van der Waals surface area contributed by atoms with Crippen molar-refractivity contribution in [2.75, 3.05) is 0 Å². The number of hydrogen-bond donors (Lipinski definition) is 4. The fourth-order valence-electron chi connectivity index (χ4n) is 0. The summed E-state index contributed by atoms with van der Waals surface area (Å²) in [6.07, 6.45) is 0. The summed E-state index contributed by atoms with van der Waals surface area (Å²) in [6, 6.07) is 0. The molecule has 0 aromatic rings. The van der Waals surface area contributed by atoms with Crippen LogP contribution in [0.3, 0.4) is 0 Å². The van der Waals surface area contributed by atoms with Crippen molar-refractivity contribution < 1.29 is 28.7 Å². The highest BCUT2D eigenvalue weighted by molar-refractivity contribution is 7.31. The minimum absolute atomic E-state index is 2.00. The Morgan fingerprint density at radius 3 is 0.800 bits per heavy atom. The molecule has 0 saturated carbocycles. The third-order valence-corrected chi connectivity index (χ3v) is 0. The van der Waals surface area contributed by atoms with Gasteiger partial charge in [-0.25, -0.2) is 0 Å². The molecule has 0 amide bonds. The number of rotatable bonds is 0.